The molecule has 0 aromatic heterocycles. The number of halogens is 1. The van der Waals surface area contributed by atoms with Gasteiger partial charge in [-0.1, -0.05) is 51.8 Å². The molecule has 4 heteroatoms. The first-order chi connectivity index (χ1) is 16.7. The number of fused-ring (bicyclic) bond motifs is 5. The van der Waals surface area contributed by atoms with Crippen molar-refractivity contribution in [2.24, 2.45) is 46.3 Å². The van der Waals surface area contributed by atoms with Crippen LogP contribution in [0.4, 0.5) is 4.39 Å². The van der Waals surface area contributed by atoms with Crippen LogP contribution in [0.5, 0.6) is 0 Å². The molecular weight excluding hydrogens is 439 g/mol. The highest BCUT2D eigenvalue weighted by Gasteiger charge is 2.61. The van der Waals surface area contributed by atoms with E-state index in [1.165, 1.54) is 31.7 Å². The standard InChI is InChI=1S/C31H45FO3/c1-19(7-6-10-27(33)21-8-4-5-9-26(21)32)22-13-14-23-20-11-12-25-29(35)28(34)16-18-31(25,3)24(20)15-17-30(22,23)2/h4-5,8-9,19-20,22-25,27-28,33-34H,6-7,10-18H2,1-3H3/t19-,20+,22-,23+,24+,25+,27?,28+,30-,31-/m1/s1. The largest absolute Gasteiger partial charge is 0.388 e. The fraction of sp³-hybridized carbons (Fsp3) is 0.774. The number of Topliss-reactive ketones (excluding diaryl/α,β-unsaturated/α-hetero) is 1. The summed E-state index contributed by atoms with van der Waals surface area (Å²) in [6.07, 6.45) is 10.0. The summed E-state index contributed by atoms with van der Waals surface area (Å²) in [4.78, 5) is 12.8. The first-order valence-electron chi connectivity index (χ1n) is 14.3. The van der Waals surface area contributed by atoms with Gasteiger partial charge in [-0.05, 0) is 104 Å². The number of hydrogen-bond donors (Lipinski definition) is 2. The summed E-state index contributed by atoms with van der Waals surface area (Å²) >= 11 is 0. The Morgan fingerprint density at radius 1 is 0.971 bits per heavy atom. The van der Waals surface area contributed by atoms with E-state index in [0.717, 1.165) is 43.9 Å². The van der Waals surface area contributed by atoms with Crippen LogP contribution in [0.3, 0.4) is 0 Å². The molecule has 0 amide bonds. The Kier molecular flexibility index (Phi) is 6.94. The van der Waals surface area contributed by atoms with E-state index in [1.807, 2.05) is 0 Å². The summed E-state index contributed by atoms with van der Waals surface area (Å²) in [5.41, 5.74) is 0.864. The highest BCUT2D eigenvalue weighted by atomic mass is 19.1. The van der Waals surface area contributed by atoms with Gasteiger partial charge in [0, 0.05) is 11.5 Å². The van der Waals surface area contributed by atoms with Crippen LogP contribution in [0.2, 0.25) is 0 Å². The summed E-state index contributed by atoms with van der Waals surface area (Å²) in [5, 5.41) is 20.7. The predicted octanol–water partition coefficient (Wildman–Crippen LogP) is 6.86. The maximum Gasteiger partial charge on any atom is 0.164 e. The van der Waals surface area contributed by atoms with Gasteiger partial charge in [-0.15, -0.1) is 0 Å². The Hall–Kier alpha value is -1.26. The van der Waals surface area contributed by atoms with Crippen LogP contribution in [-0.2, 0) is 4.79 Å². The summed E-state index contributed by atoms with van der Waals surface area (Å²) in [5.74, 6) is 3.28. The van der Waals surface area contributed by atoms with E-state index in [4.69, 9.17) is 0 Å². The van der Waals surface area contributed by atoms with E-state index in [9.17, 15) is 19.4 Å². The minimum absolute atomic E-state index is 0.0638. The SMILES string of the molecule is C[C@H](CCCC(O)c1ccccc1F)[C@H]1CC[C@H]2[C@@H]3CC[C@H]4C(=O)[C@@H](O)CC[C@]4(C)[C@H]3CC[C@]12C. The van der Waals surface area contributed by atoms with Crippen molar-refractivity contribution in [3.05, 3.63) is 35.6 Å². The van der Waals surface area contributed by atoms with Crippen LogP contribution in [-0.4, -0.2) is 22.1 Å². The minimum atomic E-state index is -0.730. The highest BCUT2D eigenvalue weighted by molar-refractivity contribution is 5.87. The molecule has 0 bridgehead atoms. The zero-order valence-electron chi connectivity index (χ0n) is 21.9. The molecule has 2 N–H and O–H groups in total. The molecule has 3 nitrogen and oxygen atoms in total. The predicted molar refractivity (Wildman–Crippen MR) is 136 cm³/mol. The highest BCUT2D eigenvalue weighted by Crippen LogP contribution is 2.68. The van der Waals surface area contributed by atoms with Crippen molar-refractivity contribution >= 4 is 5.78 Å². The van der Waals surface area contributed by atoms with Crippen molar-refractivity contribution in [1.29, 1.82) is 0 Å². The van der Waals surface area contributed by atoms with Gasteiger partial charge in [0.05, 0.1) is 6.10 Å². The molecule has 1 unspecified atom stereocenters. The van der Waals surface area contributed by atoms with Crippen molar-refractivity contribution in [2.45, 2.75) is 104 Å². The van der Waals surface area contributed by atoms with E-state index in [-0.39, 0.29) is 22.9 Å². The number of hydrogen-bond acceptors (Lipinski definition) is 3. The molecule has 194 valence electrons. The molecule has 0 heterocycles. The summed E-state index contributed by atoms with van der Waals surface area (Å²) in [7, 11) is 0. The Balaban J connectivity index is 1.22. The van der Waals surface area contributed by atoms with Crippen molar-refractivity contribution in [3.63, 3.8) is 0 Å². The molecule has 1 aromatic rings. The monoisotopic (exact) mass is 484 g/mol. The van der Waals surface area contributed by atoms with Gasteiger partial charge in [0.25, 0.3) is 0 Å². The molecule has 0 saturated heterocycles. The second kappa shape index (κ2) is 9.56. The van der Waals surface area contributed by atoms with Crippen molar-refractivity contribution in [1.82, 2.24) is 0 Å². The quantitative estimate of drug-likeness (QED) is 0.463. The third-order valence-electron chi connectivity index (χ3n) is 11.7. The first kappa shape index (κ1) is 25.4. The number of ketones is 1. The van der Waals surface area contributed by atoms with Gasteiger partial charge in [0.1, 0.15) is 11.9 Å². The smallest absolute Gasteiger partial charge is 0.164 e. The summed E-state index contributed by atoms with van der Waals surface area (Å²) in [6, 6.07) is 6.58. The third-order valence-corrected chi connectivity index (χ3v) is 11.7. The van der Waals surface area contributed by atoms with Crippen LogP contribution >= 0.6 is 0 Å². The van der Waals surface area contributed by atoms with E-state index in [2.05, 4.69) is 20.8 Å². The lowest BCUT2D eigenvalue weighted by atomic mass is 9.44. The number of rotatable bonds is 6. The number of carbonyl (C=O) groups excluding carboxylic acids is 1. The molecule has 4 aliphatic rings. The molecule has 0 aliphatic heterocycles. The normalized spacial score (nSPS) is 42.6. The van der Waals surface area contributed by atoms with Gasteiger partial charge >= 0.3 is 0 Å². The Morgan fingerprint density at radius 2 is 1.69 bits per heavy atom. The van der Waals surface area contributed by atoms with Gasteiger partial charge < -0.3 is 10.2 Å². The molecule has 0 radical (unpaired) electrons. The maximum atomic E-state index is 14.0. The maximum absolute atomic E-state index is 14.0. The molecule has 4 aliphatic carbocycles. The lowest BCUT2D eigenvalue weighted by molar-refractivity contribution is -0.160. The van der Waals surface area contributed by atoms with Crippen molar-refractivity contribution in [3.8, 4) is 0 Å². The van der Waals surface area contributed by atoms with Gasteiger partial charge in [0.15, 0.2) is 5.78 Å². The van der Waals surface area contributed by atoms with Gasteiger partial charge in [-0.25, -0.2) is 4.39 Å². The molecule has 4 saturated carbocycles. The molecule has 5 rings (SSSR count). The topological polar surface area (TPSA) is 57.5 Å². The molecule has 4 fully saturated rings. The van der Waals surface area contributed by atoms with Crippen molar-refractivity contribution in [2.75, 3.05) is 0 Å². The number of carbonyl (C=O) groups is 1. The molecule has 10 atom stereocenters. The molecule has 1 aromatic carbocycles. The average molecular weight is 485 g/mol. The van der Waals surface area contributed by atoms with Gasteiger partial charge in [0.2, 0.25) is 0 Å². The average Bonchev–Trinajstić information content (AvgIpc) is 3.19. The zero-order chi connectivity index (χ0) is 25.0. The van der Waals surface area contributed by atoms with Gasteiger partial charge in [-0.2, -0.15) is 0 Å². The Labute approximate surface area is 210 Å². The molecule has 35 heavy (non-hydrogen) atoms. The van der Waals surface area contributed by atoms with Crippen LogP contribution < -0.4 is 0 Å². The Morgan fingerprint density at radius 3 is 2.46 bits per heavy atom. The fourth-order valence-corrected chi connectivity index (χ4v) is 9.82. The van der Waals surface area contributed by atoms with Crippen LogP contribution in [0.1, 0.15) is 103 Å². The van der Waals surface area contributed by atoms with Crippen LogP contribution in [0.15, 0.2) is 24.3 Å². The van der Waals surface area contributed by atoms with Crippen molar-refractivity contribution < 1.29 is 19.4 Å². The number of aliphatic hydroxyl groups is 2. The lowest BCUT2D eigenvalue weighted by Gasteiger charge is -2.60. The van der Waals surface area contributed by atoms with E-state index in [0.29, 0.717) is 41.6 Å². The Bertz CT molecular complexity index is 932. The third kappa shape index (κ3) is 4.21. The van der Waals surface area contributed by atoms with E-state index >= 15 is 0 Å². The first-order valence-corrected chi connectivity index (χ1v) is 14.3. The molecular formula is C31H45FO3. The number of aliphatic hydroxyl groups excluding tert-OH is 2. The molecule has 0 spiro atoms. The second-order valence-corrected chi connectivity index (χ2v) is 13.1. The van der Waals surface area contributed by atoms with Crippen LogP contribution in [0, 0.1) is 52.2 Å². The lowest BCUT2D eigenvalue weighted by Crippen LogP contribution is -2.57. The summed E-state index contributed by atoms with van der Waals surface area (Å²) < 4.78 is 14.0. The van der Waals surface area contributed by atoms with Crippen LogP contribution in [0.25, 0.3) is 0 Å². The van der Waals surface area contributed by atoms with E-state index in [1.54, 1.807) is 18.2 Å². The summed E-state index contributed by atoms with van der Waals surface area (Å²) in [6.45, 7) is 7.33. The zero-order valence-corrected chi connectivity index (χ0v) is 21.9. The number of benzene rings is 1. The fourth-order valence-electron chi connectivity index (χ4n) is 9.82. The van der Waals surface area contributed by atoms with E-state index < -0.39 is 12.2 Å². The van der Waals surface area contributed by atoms with Gasteiger partial charge in [-0.3, -0.25) is 4.79 Å². The minimum Gasteiger partial charge on any atom is -0.388 e. The second-order valence-electron chi connectivity index (χ2n) is 13.1.